The van der Waals surface area contributed by atoms with E-state index in [2.05, 4.69) is 15.7 Å². The SMILES string of the molecule is Cc1ccc(NC(=O)c2ccc(=O)n(CC(=O)Nc3ccc(C)c(F)c3)n2)cc1C. The predicted molar refractivity (Wildman–Crippen MR) is 112 cm³/mol. The fourth-order valence-electron chi connectivity index (χ4n) is 2.70. The lowest BCUT2D eigenvalue weighted by molar-refractivity contribution is -0.117. The molecule has 0 bridgehead atoms. The van der Waals surface area contributed by atoms with Crippen molar-refractivity contribution in [3.8, 4) is 0 Å². The third-order valence-corrected chi connectivity index (χ3v) is 4.61. The lowest BCUT2D eigenvalue weighted by Crippen LogP contribution is -2.31. The Morgan fingerprint density at radius 2 is 1.57 bits per heavy atom. The number of aryl methyl sites for hydroxylation is 3. The number of benzene rings is 2. The Hall–Kier alpha value is -3.81. The lowest BCUT2D eigenvalue weighted by atomic mass is 10.1. The molecule has 154 valence electrons. The molecule has 0 unspecified atom stereocenters. The number of hydrogen-bond donors (Lipinski definition) is 2. The molecule has 0 atom stereocenters. The number of carbonyl (C=O) groups excluding carboxylic acids is 2. The number of carbonyl (C=O) groups is 2. The van der Waals surface area contributed by atoms with Gasteiger partial charge in [0.1, 0.15) is 18.1 Å². The van der Waals surface area contributed by atoms with E-state index >= 15 is 0 Å². The maximum atomic E-state index is 13.6. The molecule has 2 amide bonds. The van der Waals surface area contributed by atoms with Crippen molar-refractivity contribution < 1.29 is 14.0 Å². The molecule has 0 radical (unpaired) electrons. The fraction of sp³-hybridized carbons (Fsp3) is 0.182. The summed E-state index contributed by atoms with van der Waals surface area (Å²) in [5.41, 5.74) is 2.88. The van der Waals surface area contributed by atoms with Crippen LogP contribution in [0, 0.1) is 26.6 Å². The third kappa shape index (κ3) is 4.96. The monoisotopic (exact) mass is 408 g/mol. The second-order valence-electron chi connectivity index (χ2n) is 6.98. The van der Waals surface area contributed by atoms with Crippen LogP contribution in [-0.2, 0) is 11.3 Å². The van der Waals surface area contributed by atoms with Gasteiger partial charge in [-0.2, -0.15) is 5.10 Å². The highest BCUT2D eigenvalue weighted by molar-refractivity contribution is 6.02. The quantitative estimate of drug-likeness (QED) is 0.678. The Kier molecular flexibility index (Phi) is 6.06. The summed E-state index contributed by atoms with van der Waals surface area (Å²) >= 11 is 0. The summed E-state index contributed by atoms with van der Waals surface area (Å²) in [6.07, 6.45) is 0. The number of hydrogen-bond acceptors (Lipinski definition) is 4. The molecule has 0 aliphatic rings. The molecule has 7 nitrogen and oxygen atoms in total. The molecule has 0 saturated carbocycles. The van der Waals surface area contributed by atoms with E-state index in [-0.39, 0.29) is 11.4 Å². The molecule has 2 N–H and O–H groups in total. The van der Waals surface area contributed by atoms with Crippen LogP contribution in [0.2, 0.25) is 0 Å². The number of rotatable bonds is 5. The van der Waals surface area contributed by atoms with Gasteiger partial charge in [0.15, 0.2) is 0 Å². The standard InChI is InChI=1S/C22H21FN4O3/c1-13-4-6-16(10-15(13)3)25-22(30)19-8-9-21(29)27(26-19)12-20(28)24-17-7-5-14(2)18(23)11-17/h4-11H,12H2,1-3H3,(H,24,28)(H,25,30). The van der Waals surface area contributed by atoms with Crippen LogP contribution in [0.3, 0.4) is 0 Å². The van der Waals surface area contributed by atoms with Crippen molar-refractivity contribution in [3.05, 3.63) is 87.1 Å². The maximum Gasteiger partial charge on any atom is 0.276 e. The topological polar surface area (TPSA) is 93.1 Å². The number of aromatic nitrogens is 2. The molecular formula is C22H21FN4O3. The van der Waals surface area contributed by atoms with Crippen LogP contribution in [0.4, 0.5) is 15.8 Å². The summed E-state index contributed by atoms with van der Waals surface area (Å²) in [4.78, 5) is 36.8. The van der Waals surface area contributed by atoms with Crippen molar-refractivity contribution in [3.63, 3.8) is 0 Å². The van der Waals surface area contributed by atoms with Gasteiger partial charge in [-0.05, 0) is 67.8 Å². The van der Waals surface area contributed by atoms with Crippen LogP contribution in [0.15, 0.2) is 53.3 Å². The molecule has 3 rings (SSSR count). The second kappa shape index (κ2) is 8.69. The average molecular weight is 408 g/mol. The molecule has 0 spiro atoms. The molecular weight excluding hydrogens is 387 g/mol. The minimum absolute atomic E-state index is 0.0120. The Morgan fingerprint density at radius 3 is 2.23 bits per heavy atom. The van der Waals surface area contributed by atoms with E-state index in [9.17, 15) is 18.8 Å². The van der Waals surface area contributed by atoms with Crippen LogP contribution < -0.4 is 16.2 Å². The van der Waals surface area contributed by atoms with Crippen LogP contribution in [0.1, 0.15) is 27.2 Å². The maximum absolute atomic E-state index is 13.6. The molecule has 2 aromatic carbocycles. The first kappa shape index (κ1) is 20.9. The van der Waals surface area contributed by atoms with Gasteiger partial charge in [-0.3, -0.25) is 14.4 Å². The smallest absolute Gasteiger partial charge is 0.276 e. The second-order valence-corrected chi connectivity index (χ2v) is 6.98. The number of halogens is 1. The van der Waals surface area contributed by atoms with E-state index in [1.54, 1.807) is 19.1 Å². The molecule has 0 fully saturated rings. The molecule has 0 aliphatic carbocycles. The Bertz CT molecular complexity index is 1190. The van der Waals surface area contributed by atoms with E-state index in [1.165, 1.54) is 24.3 Å². The van der Waals surface area contributed by atoms with E-state index in [4.69, 9.17) is 0 Å². The van der Waals surface area contributed by atoms with Gasteiger partial charge in [-0.15, -0.1) is 0 Å². The third-order valence-electron chi connectivity index (χ3n) is 4.61. The Morgan fingerprint density at radius 1 is 0.900 bits per heavy atom. The van der Waals surface area contributed by atoms with Gasteiger partial charge in [-0.1, -0.05) is 12.1 Å². The number of anilines is 2. The van der Waals surface area contributed by atoms with E-state index in [0.717, 1.165) is 15.8 Å². The van der Waals surface area contributed by atoms with E-state index < -0.39 is 29.7 Å². The van der Waals surface area contributed by atoms with E-state index in [1.807, 2.05) is 26.0 Å². The first-order chi connectivity index (χ1) is 14.2. The molecule has 0 aliphatic heterocycles. The highest BCUT2D eigenvalue weighted by atomic mass is 19.1. The molecule has 1 aromatic heterocycles. The Balaban J connectivity index is 1.73. The summed E-state index contributed by atoms with van der Waals surface area (Å²) in [6.45, 7) is 5.09. The predicted octanol–water partition coefficient (Wildman–Crippen LogP) is 3.20. The van der Waals surface area contributed by atoms with Crippen LogP contribution in [-0.4, -0.2) is 21.6 Å². The van der Waals surface area contributed by atoms with Gasteiger partial charge in [0.2, 0.25) is 5.91 Å². The van der Waals surface area contributed by atoms with Gasteiger partial charge in [-0.25, -0.2) is 9.07 Å². The van der Waals surface area contributed by atoms with Gasteiger partial charge in [0.25, 0.3) is 11.5 Å². The summed E-state index contributed by atoms with van der Waals surface area (Å²) in [5.74, 6) is -1.53. The van der Waals surface area contributed by atoms with Crippen molar-refractivity contribution in [2.24, 2.45) is 0 Å². The zero-order valence-electron chi connectivity index (χ0n) is 16.8. The zero-order valence-corrected chi connectivity index (χ0v) is 16.8. The van der Waals surface area contributed by atoms with Crippen molar-refractivity contribution in [1.82, 2.24) is 9.78 Å². The fourth-order valence-corrected chi connectivity index (χ4v) is 2.70. The summed E-state index contributed by atoms with van der Waals surface area (Å²) in [6, 6.07) is 12.2. The van der Waals surface area contributed by atoms with Gasteiger partial charge in [0, 0.05) is 17.4 Å². The Labute approximate surface area is 172 Å². The highest BCUT2D eigenvalue weighted by Crippen LogP contribution is 2.15. The molecule has 0 saturated heterocycles. The van der Waals surface area contributed by atoms with Gasteiger partial charge < -0.3 is 10.6 Å². The summed E-state index contributed by atoms with van der Waals surface area (Å²) < 4.78 is 14.5. The lowest BCUT2D eigenvalue weighted by Gasteiger charge is -2.10. The molecule has 8 heteroatoms. The largest absolute Gasteiger partial charge is 0.324 e. The first-order valence-corrected chi connectivity index (χ1v) is 9.26. The zero-order chi connectivity index (χ0) is 21.8. The molecule has 3 aromatic rings. The van der Waals surface area contributed by atoms with Crippen LogP contribution >= 0.6 is 0 Å². The minimum atomic E-state index is -0.570. The minimum Gasteiger partial charge on any atom is -0.324 e. The van der Waals surface area contributed by atoms with Gasteiger partial charge in [0.05, 0.1) is 0 Å². The number of amides is 2. The van der Waals surface area contributed by atoms with Crippen LogP contribution in [0.25, 0.3) is 0 Å². The number of nitrogens with one attached hydrogen (secondary N) is 2. The van der Waals surface area contributed by atoms with E-state index in [0.29, 0.717) is 11.3 Å². The van der Waals surface area contributed by atoms with Gasteiger partial charge >= 0.3 is 0 Å². The molecule has 1 heterocycles. The van der Waals surface area contributed by atoms with Crippen LogP contribution in [0.5, 0.6) is 0 Å². The summed E-state index contributed by atoms with van der Waals surface area (Å²) in [5, 5.41) is 9.20. The normalized spacial score (nSPS) is 10.5. The van der Waals surface area contributed by atoms with Crippen molar-refractivity contribution in [1.29, 1.82) is 0 Å². The highest BCUT2D eigenvalue weighted by Gasteiger charge is 2.13. The van der Waals surface area contributed by atoms with Crippen molar-refractivity contribution >= 4 is 23.2 Å². The summed E-state index contributed by atoms with van der Waals surface area (Å²) in [7, 11) is 0. The number of nitrogens with zero attached hydrogens (tertiary/aromatic N) is 2. The van der Waals surface area contributed by atoms with Crippen molar-refractivity contribution in [2.45, 2.75) is 27.3 Å². The molecule has 30 heavy (non-hydrogen) atoms. The van der Waals surface area contributed by atoms with Crippen molar-refractivity contribution in [2.75, 3.05) is 10.6 Å². The first-order valence-electron chi connectivity index (χ1n) is 9.26. The average Bonchev–Trinajstić information content (AvgIpc) is 2.69.